The van der Waals surface area contributed by atoms with E-state index in [4.69, 9.17) is 0 Å². The number of fused-ring (bicyclic) bond motifs is 1. The molecule has 0 atom stereocenters. The summed E-state index contributed by atoms with van der Waals surface area (Å²) in [5.74, 6) is 0.168. The third kappa shape index (κ3) is 4.61. The number of carbonyl (C=O) groups excluding carboxylic acids is 3. The third-order valence-electron chi connectivity index (χ3n) is 4.62. The molecule has 0 bridgehead atoms. The SMILES string of the molecule is CC(C)Cc1ccc(C(=O)CCC(=O)Nc2cccc3c2CNC3=O)cc1. The summed E-state index contributed by atoms with van der Waals surface area (Å²) < 4.78 is 0. The van der Waals surface area contributed by atoms with Crippen molar-refractivity contribution in [3.8, 4) is 0 Å². The van der Waals surface area contributed by atoms with E-state index in [9.17, 15) is 14.4 Å². The van der Waals surface area contributed by atoms with Gasteiger partial charge >= 0.3 is 0 Å². The predicted molar refractivity (Wildman–Crippen MR) is 105 cm³/mol. The summed E-state index contributed by atoms with van der Waals surface area (Å²) in [6.07, 6.45) is 1.24. The molecular weight excluding hydrogens is 340 g/mol. The fourth-order valence-corrected chi connectivity index (χ4v) is 3.25. The number of hydrogen-bond donors (Lipinski definition) is 2. The van der Waals surface area contributed by atoms with Crippen LogP contribution in [0, 0.1) is 5.92 Å². The minimum absolute atomic E-state index is 0.0450. The molecule has 1 aliphatic rings. The Balaban J connectivity index is 1.55. The van der Waals surface area contributed by atoms with Gasteiger partial charge in [-0.25, -0.2) is 0 Å². The molecule has 0 saturated heterocycles. The quantitative estimate of drug-likeness (QED) is 0.735. The smallest absolute Gasteiger partial charge is 0.251 e. The minimum atomic E-state index is -0.229. The summed E-state index contributed by atoms with van der Waals surface area (Å²) in [6, 6.07) is 12.9. The van der Waals surface area contributed by atoms with Crippen molar-refractivity contribution in [2.45, 2.75) is 39.7 Å². The molecule has 1 heterocycles. The Bertz CT molecular complexity index is 870. The Hall–Kier alpha value is -2.95. The summed E-state index contributed by atoms with van der Waals surface area (Å²) in [7, 11) is 0. The van der Waals surface area contributed by atoms with Crippen molar-refractivity contribution in [1.82, 2.24) is 5.32 Å². The first-order valence-electron chi connectivity index (χ1n) is 9.26. The van der Waals surface area contributed by atoms with E-state index in [0.717, 1.165) is 12.0 Å². The number of benzene rings is 2. The highest BCUT2D eigenvalue weighted by molar-refractivity contribution is 6.03. The van der Waals surface area contributed by atoms with Gasteiger partial charge in [0.1, 0.15) is 0 Å². The number of carbonyl (C=O) groups is 3. The van der Waals surface area contributed by atoms with Gasteiger partial charge in [0.15, 0.2) is 5.78 Å². The average molecular weight is 364 g/mol. The summed E-state index contributed by atoms with van der Waals surface area (Å²) in [5, 5.41) is 5.56. The summed E-state index contributed by atoms with van der Waals surface area (Å²) in [5.41, 5.74) is 3.85. The molecule has 0 fully saturated rings. The Kier molecular flexibility index (Phi) is 5.69. The number of Topliss-reactive ketones (excluding diaryl/α,β-unsaturated/α-hetero) is 1. The molecule has 140 valence electrons. The molecule has 0 aliphatic carbocycles. The van der Waals surface area contributed by atoms with E-state index in [-0.39, 0.29) is 30.4 Å². The molecule has 0 radical (unpaired) electrons. The Morgan fingerprint density at radius 1 is 1.07 bits per heavy atom. The van der Waals surface area contributed by atoms with E-state index in [1.165, 1.54) is 5.56 Å². The van der Waals surface area contributed by atoms with Gasteiger partial charge in [0.2, 0.25) is 5.91 Å². The van der Waals surface area contributed by atoms with Crippen LogP contribution in [-0.2, 0) is 17.8 Å². The van der Waals surface area contributed by atoms with E-state index in [2.05, 4.69) is 24.5 Å². The van der Waals surface area contributed by atoms with Crippen molar-refractivity contribution in [1.29, 1.82) is 0 Å². The largest absolute Gasteiger partial charge is 0.348 e. The molecule has 2 aromatic carbocycles. The Morgan fingerprint density at radius 3 is 2.52 bits per heavy atom. The van der Waals surface area contributed by atoms with Crippen LogP contribution >= 0.6 is 0 Å². The average Bonchev–Trinajstić information content (AvgIpc) is 3.02. The molecule has 5 heteroatoms. The molecule has 2 amide bonds. The molecule has 3 rings (SSSR count). The normalized spacial score (nSPS) is 12.6. The van der Waals surface area contributed by atoms with Crippen LogP contribution in [0.15, 0.2) is 42.5 Å². The summed E-state index contributed by atoms with van der Waals surface area (Å²) in [4.78, 5) is 36.3. The van der Waals surface area contributed by atoms with E-state index >= 15 is 0 Å². The lowest BCUT2D eigenvalue weighted by atomic mass is 9.99. The highest BCUT2D eigenvalue weighted by Gasteiger charge is 2.22. The van der Waals surface area contributed by atoms with Gasteiger partial charge in [0.25, 0.3) is 5.91 Å². The van der Waals surface area contributed by atoms with Crippen molar-refractivity contribution in [2.75, 3.05) is 5.32 Å². The van der Waals surface area contributed by atoms with Crippen molar-refractivity contribution in [2.24, 2.45) is 5.92 Å². The topological polar surface area (TPSA) is 75.3 Å². The highest BCUT2D eigenvalue weighted by Crippen LogP contribution is 2.24. The molecule has 2 N–H and O–H groups in total. The van der Waals surface area contributed by atoms with E-state index in [1.807, 2.05) is 24.3 Å². The van der Waals surface area contributed by atoms with Crippen LogP contribution in [0.25, 0.3) is 0 Å². The van der Waals surface area contributed by atoms with Crippen LogP contribution < -0.4 is 10.6 Å². The second-order valence-corrected chi connectivity index (χ2v) is 7.28. The summed E-state index contributed by atoms with van der Waals surface area (Å²) in [6.45, 7) is 4.73. The Labute approximate surface area is 159 Å². The van der Waals surface area contributed by atoms with Crippen LogP contribution in [0.4, 0.5) is 5.69 Å². The highest BCUT2D eigenvalue weighted by atomic mass is 16.2. The van der Waals surface area contributed by atoms with Gasteiger partial charge in [-0.1, -0.05) is 44.2 Å². The third-order valence-corrected chi connectivity index (χ3v) is 4.62. The maximum atomic E-state index is 12.3. The van der Waals surface area contributed by atoms with Crippen molar-refractivity contribution in [3.63, 3.8) is 0 Å². The first-order valence-corrected chi connectivity index (χ1v) is 9.26. The van der Waals surface area contributed by atoms with Crippen LogP contribution in [0.3, 0.4) is 0 Å². The number of hydrogen-bond acceptors (Lipinski definition) is 3. The van der Waals surface area contributed by atoms with Crippen LogP contribution in [0.2, 0.25) is 0 Å². The van der Waals surface area contributed by atoms with Crippen LogP contribution in [0.5, 0.6) is 0 Å². The lowest BCUT2D eigenvalue weighted by Crippen LogP contribution is -2.15. The molecule has 2 aromatic rings. The number of anilines is 1. The fourth-order valence-electron chi connectivity index (χ4n) is 3.25. The first kappa shape index (κ1) is 18.8. The lowest BCUT2D eigenvalue weighted by molar-refractivity contribution is -0.116. The maximum absolute atomic E-state index is 12.3. The predicted octanol–water partition coefficient (Wildman–Crippen LogP) is 3.73. The van der Waals surface area contributed by atoms with Crippen molar-refractivity contribution in [3.05, 3.63) is 64.7 Å². The van der Waals surface area contributed by atoms with Gasteiger partial charge < -0.3 is 10.6 Å². The van der Waals surface area contributed by atoms with Gasteiger partial charge in [-0.2, -0.15) is 0 Å². The van der Waals surface area contributed by atoms with Crippen LogP contribution in [0.1, 0.15) is 58.5 Å². The molecule has 1 aliphatic heterocycles. The van der Waals surface area contributed by atoms with Crippen molar-refractivity contribution >= 4 is 23.3 Å². The zero-order valence-corrected chi connectivity index (χ0v) is 15.7. The van der Waals surface area contributed by atoms with Gasteiger partial charge in [0.05, 0.1) is 0 Å². The van der Waals surface area contributed by atoms with E-state index in [1.54, 1.807) is 18.2 Å². The number of ketones is 1. The maximum Gasteiger partial charge on any atom is 0.251 e. The monoisotopic (exact) mass is 364 g/mol. The first-order chi connectivity index (χ1) is 12.9. The van der Waals surface area contributed by atoms with E-state index in [0.29, 0.717) is 29.3 Å². The molecular formula is C22H24N2O3. The standard InChI is InChI=1S/C22H24N2O3/c1-14(2)12-15-6-8-16(9-7-15)20(25)10-11-21(26)24-19-5-3-4-17-18(19)13-23-22(17)27/h3-9,14H,10-13H2,1-2H3,(H,23,27)(H,24,26). The summed E-state index contributed by atoms with van der Waals surface area (Å²) >= 11 is 0. The molecule has 0 aromatic heterocycles. The Morgan fingerprint density at radius 2 is 1.81 bits per heavy atom. The second kappa shape index (κ2) is 8.16. The molecule has 0 unspecified atom stereocenters. The zero-order chi connectivity index (χ0) is 19.4. The minimum Gasteiger partial charge on any atom is -0.348 e. The zero-order valence-electron chi connectivity index (χ0n) is 15.7. The number of rotatable bonds is 7. The van der Waals surface area contributed by atoms with Crippen LogP contribution in [-0.4, -0.2) is 17.6 Å². The molecule has 5 nitrogen and oxygen atoms in total. The van der Waals surface area contributed by atoms with Gasteiger partial charge in [-0.3, -0.25) is 14.4 Å². The van der Waals surface area contributed by atoms with Crippen molar-refractivity contribution < 1.29 is 14.4 Å². The van der Waals surface area contributed by atoms with Gasteiger partial charge in [0, 0.05) is 41.8 Å². The van der Waals surface area contributed by atoms with E-state index < -0.39 is 0 Å². The van der Waals surface area contributed by atoms with Gasteiger partial charge in [-0.15, -0.1) is 0 Å². The van der Waals surface area contributed by atoms with Gasteiger partial charge in [-0.05, 0) is 30.0 Å². The number of nitrogens with one attached hydrogen (secondary N) is 2. The number of amides is 2. The molecule has 27 heavy (non-hydrogen) atoms. The fraction of sp³-hybridized carbons (Fsp3) is 0.318. The molecule has 0 saturated carbocycles. The molecule has 0 spiro atoms. The second-order valence-electron chi connectivity index (χ2n) is 7.28. The lowest BCUT2D eigenvalue weighted by Gasteiger charge is -2.09.